The van der Waals surface area contributed by atoms with Crippen LogP contribution in [0.4, 0.5) is 0 Å². The zero-order chi connectivity index (χ0) is 14.5. The molecule has 0 aromatic rings. The summed E-state index contributed by atoms with van der Waals surface area (Å²) in [6.45, 7) is 3.90. The molecule has 1 fully saturated rings. The van der Waals surface area contributed by atoms with E-state index in [2.05, 4.69) is 9.46 Å². The molecule has 19 heavy (non-hydrogen) atoms. The zero-order valence-corrected chi connectivity index (χ0v) is 12.8. The summed E-state index contributed by atoms with van der Waals surface area (Å²) in [6, 6.07) is -0.767. The van der Waals surface area contributed by atoms with Crippen LogP contribution in [-0.2, 0) is 19.6 Å². The van der Waals surface area contributed by atoms with E-state index in [-0.39, 0.29) is 11.2 Å². The van der Waals surface area contributed by atoms with Crippen molar-refractivity contribution in [2.75, 3.05) is 7.11 Å². The summed E-state index contributed by atoms with van der Waals surface area (Å²) in [5.41, 5.74) is 0. The molecule has 0 spiro atoms. The van der Waals surface area contributed by atoms with Crippen molar-refractivity contribution in [2.24, 2.45) is 5.92 Å². The number of nitrogens with one attached hydrogen (secondary N) is 1. The van der Waals surface area contributed by atoms with Crippen LogP contribution in [0.25, 0.3) is 0 Å². The summed E-state index contributed by atoms with van der Waals surface area (Å²) in [5.74, 6) is -0.286. The topological polar surface area (TPSA) is 72.5 Å². The maximum Gasteiger partial charge on any atom is 0.323 e. The number of carbonyl (C=O) groups excluding carboxylic acids is 1. The van der Waals surface area contributed by atoms with E-state index in [0.717, 1.165) is 19.3 Å². The van der Waals surface area contributed by atoms with Gasteiger partial charge in [0, 0.05) is 0 Å². The fourth-order valence-corrected chi connectivity index (χ4v) is 4.21. The molecule has 0 aromatic heterocycles. The molecule has 0 amide bonds. The van der Waals surface area contributed by atoms with Crippen molar-refractivity contribution in [3.63, 3.8) is 0 Å². The summed E-state index contributed by atoms with van der Waals surface area (Å²) < 4.78 is 31.8. The normalized spacial score (nSPS) is 19.4. The molecule has 0 heterocycles. The summed E-state index contributed by atoms with van der Waals surface area (Å²) in [7, 11) is -2.15. The monoisotopic (exact) mass is 291 g/mol. The molecule has 0 bridgehead atoms. The van der Waals surface area contributed by atoms with Crippen molar-refractivity contribution in [3.05, 3.63) is 0 Å². The Morgan fingerprint density at radius 1 is 1.26 bits per heavy atom. The molecule has 0 aromatic carbocycles. The lowest BCUT2D eigenvalue weighted by molar-refractivity contribution is -0.143. The second-order valence-corrected chi connectivity index (χ2v) is 7.62. The van der Waals surface area contributed by atoms with E-state index in [1.165, 1.54) is 7.11 Å². The highest BCUT2D eigenvalue weighted by Crippen LogP contribution is 2.23. The van der Waals surface area contributed by atoms with E-state index in [0.29, 0.717) is 19.3 Å². The van der Waals surface area contributed by atoms with Gasteiger partial charge in [-0.2, -0.15) is 0 Å². The molecule has 1 rings (SSSR count). The number of rotatable bonds is 6. The Morgan fingerprint density at radius 2 is 1.84 bits per heavy atom. The van der Waals surface area contributed by atoms with Crippen LogP contribution >= 0.6 is 0 Å². The highest BCUT2D eigenvalue weighted by Gasteiger charge is 2.32. The highest BCUT2D eigenvalue weighted by molar-refractivity contribution is 7.90. The summed E-state index contributed by atoms with van der Waals surface area (Å²) in [4.78, 5) is 11.7. The minimum atomic E-state index is -3.43. The number of methoxy groups -OCH3 is 1. The first-order chi connectivity index (χ1) is 8.86. The van der Waals surface area contributed by atoms with Crippen LogP contribution in [0.15, 0.2) is 0 Å². The van der Waals surface area contributed by atoms with E-state index in [9.17, 15) is 13.2 Å². The third kappa shape index (κ3) is 5.10. The number of carbonyl (C=O) groups is 1. The second-order valence-electron chi connectivity index (χ2n) is 5.63. The first-order valence-corrected chi connectivity index (χ1v) is 8.50. The quantitative estimate of drug-likeness (QED) is 0.758. The first kappa shape index (κ1) is 16.4. The van der Waals surface area contributed by atoms with Crippen molar-refractivity contribution in [1.82, 2.24) is 4.72 Å². The van der Waals surface area contributed by atoms with Gasteiger partial charge in [-0.3, -0.25) is 4.79 Å². The summed E-state index contributed by atoms with van der Waals surface area (Å²) >= 11 is 0. The number of ether oxygens (including phenoxy) is 1. The second kappa shape index (κ2) is 7.24. The maximum absolute atomic E-state index is 12.3. The van der Waals surface area contributed by atoms with Gasteiger partial charge >= 0.3 is 5.97 Å². The van der Waals surface area contributed by atoms with Crippen molar-refractivity contribution < 1.29 is 17.9 Å². The highest BCUT2D eigenvalue weighted by atomic mass is 32.2. The Bertz CT molecular complexity index is 385. The molecule has 0 saturated heterocycles. The molecule has 5 nitrogen and oxygen atoms in total. The average molecular weight is 291 g/mol. The SMILES string of the molecule is COC(=O)C(CC(C)C)NS(=O)(=O)C1CCCCC1. The molecule has 1 N–H and O–H groups in total. The minimum Gasteiger partial charge on any atom is -0.468 e. The fourth-order valence-electron chi connectivity index (χ4n) is 2.48. The lowest BCUT2D eigenvalue weighted by Gasteiger charge is -2.25. The lowest BCUT2D eigenvalue weighted by Crippen LogP contribution is -2.46. The van der Waals surface area contributed by atoms with Crippen LogP contribution in [0.1, 0.15) is 52.4 Å². The predicted octanol–water partition coefficient (Wildman–Crippen LogP) is 1.83. The van der Waals surface area contributed by atoms with Gasteiger partial charge in [0.05, 0.1) is 12.4 Å². The van der Waals surface area contributed by atoms with Gasteiger partial charge in [-0.25, -0.2) is 13.1 Å². The molecule has 1 aliphatic rings. The van der Waals surface area contributed by atoms with E-state index in [1.54, 1.807) is 0 Å². The fraction of sp³-hybridized carbons (Fsp3) is 0.923. The van der Waals surface area contributed by atoms with Crippen LogP contribution < -0.4 is 4.72 Å². The molecular weight excluding hydrogens is 266 g/mol. The third-order valence-electron chi connectivity index (χ3n) is 3.49. The minimum absolute atomic E-state index is 0.221. The maximum atomic E-state index is 12.3. The van der Waals surface area contributed by atoms with Gasteiger partial charge in [-0.05, 0) is 25.2 Å². The molecule has 112 valence electrons. The summed E-state index contributed by atoms with van der Waals surface area (Å²) in [5, 5.41) is -0.361. The van der Waals surface area contributed by atoms with Gasteiger partial charge in [-0.15, -0.1) is 0 Å². The number of sulfonamides is 1. The summed E-state index contributed by atoms with van der Waals surface area (Å²) in [6.07, 6.45) is 4.81. The van der Waals surface area contributed by atoms with Crippen molar-refractivity contribution in [2.45, 2.75) is 63.7 Å². The number of esters is 1. The molecule has 1 atom stereocenters. The Morgan fingerprint density at radius 3 is 2.32 bits per heavy atom. The van der Waals surface area contributed by atoms with Crippen molar-refractivity contribution >= 4 is 16.0 Å². The predicted molar refractivity (Wildman–Crippen MR) is 74.2 cm³/mol. The number of hydrogen-bond acceptors (Lipinski definition) is 4. The van der Waals surface area contributed by atoms with E-state index in [4.69, 9.17) is 0 Å². The van der Waals surface area contributed by atoms with Gasteiger partial charge in [0.15, 0.2) is 0 Å². The van der Waals surface area contributed by atoms with Crippen LogP contribution in [0.5, 0.6) is 0 Å². The Hall–Kier alpha value is -0.620. The largest absolute Gasteiger partial charge is 0.468 e. The van der Waals surface area contributed by atoms with Crippen LogP contribution in [0.2, 0.25) is 0 Å². The Labute approximate surface area is 116 Å². The molecule has 0 radical (unpaired) electrons. The van der Waals surface area contributed by atoms with Crippen LogP contribution in [0, 0.1) is 5.92 Å². The molecule has 6 heteroatoms. The number of hydrogen-bond donors (Lipinski definition) is 1. The Kier molecular flexibility index (Phi) is 6.26. The van der Waals surface area contributed by atoms with Crippen LogP contribution in [0.3, 0.4) is 0 Å². The average Bonchev–Trinajstić information content (AvgIpc) is 2.37. The van der Waals surface area contributed by atoms with Gasteiger partial charge < -0.3 is 4.74 Å². The van der Waals surface area contributed by atoms with Gasteiger partial charge in [0.1, 0.15) is 6.04 Å². The molecule has 1 saturated carbocycles. The van der Waals surface area contributed by atoms with Crippen LogP contribution in [-0.4, -0.2) is 32.8 Å². The lowest BCUT2D eigenvalue weighted by atomic mass is 10.0. The standard InChI is InChI=1S/C13H25NO4S/c1-10(2)9-12(13(15)18-3)14-19(16,17)11-7-5-4-6-8-11/h10-12,14H,4-9H2,1-3H3. The Balaban J connectivity index is 2.73. The van der Waals surface area contributed by atoms with E-state index < -0.39 is 22.0 Å². The van der Waals surface area contributed by atoms with Gasteiger partial charge in [0.25, 0.3) is 0 Å². The van der Waals surface area contributed by atoms with E-state index in [1.807, 2.05) is 13.8 Å². The van der Waals surface area contributed by atoms with Gasteiger partial charge in [-0.1, -0.05) is 33.1 Å². The molecule has 1 unspecified atom stereocenters. The van der Waals surface area contributed by atoms with Crippen molar-refractivity contribution in [1.29, 1.82) is 0 Å². The van der Waals surface area contributed by atoms with Gasteiger partial charge in [0.2, 0.25) is 10.0 Å². The third-order valence-corrected chi connectivity index (χ3v) is 5.45. The zero-order valence-electron chi connectivity index (χ0n) is 12.0. The smallest absolute Gasteiger partial charge is 0.323 e. The van der Waals surface area contributed by atoms with Crippen molar-refractivity contribution in [3.8, 4) is 0 Å². The van der Waals surface area contributed by atoms with E-state index >= 15 is 0 Å². The molecule has 1 aliphatic carbocycles. The molecule has 0 aliphatic heterocycles. The molecular formula is C13H25NO4S. The first-order valence-electron chi connectivity index (χ1n) is 6.95.